The predicted molar refractivity (Wildman–Crippen MR) is 128 cm³/mol. The highest BCUT2D eigenvalue weighted by molar-refractivity contribution is 7.17. The SMILES string of the molecule is CCc1ccc(-c2csc3ncn(C(C)C(=O)Nc4cccc(C(C)=O)c4)c(=O)c23)cc1. The minimum atomic E-state index is -0.782. The van der Waals surface area contributed by atoms with Gasteiger partial charge in [0.05, 0.1) is 11.7 Å². The fourth-order valence-corrected chi connectivity index (χ4v) is 4.45. The summed E-state index contributed by atoms with van der Waals surface area (Å²) in [5.41, 5.74) is 3.75. The summed E-state index contributed by atoms with van der Waals surface area (Å²) in [6.07, 6.45) is 2.36. The van der Waals surface area contributed by atoms with E-state index in [1.165, 1.54) is 34.7 Å². The molecule has 2 heterocycles. The zero-order valence-corrected chi connectivity index (χ0v) is 18.9. The number of aromatic nitrogens is 2. The van der Waals surface area contributed by atoms with Crippen LogP contribution in [0, 0.1) is 0 Å². The molecule has 0 spiro atoms. The van der Waals surface area contributed by atoms with Crippen LogP contribution in [0.5, 0.6) is 0 Å². The summed E-state index contributed by atoms with van der Waals surface area (Å²) in [4.78, 5) is 42.9. The third-order valence-electron chi connectivity index (χ3n) is 5.53. The Kier molecular flexibility index (Phi) is 6.01. The molecule has 1 atom stereocenters. The molecule has 0 saturated carbocycles. The number of benzene rings is 2. The fraction of sp³-hybridized carbons (Fsp3) is 0.200. The summed E-state index contributed by atoms with van der Waals surface area (Å²) in [5.74, 6) is -0.449. The van der Waals surface area contributed by atoms with Crippen molar-refractivity contribution in [3.63, 3.8) is 0 Å². The molecular weight excluding hydrogens is 422 g/mol. The van der Waals surface area contributed by atoms with Crippen LogP contribution in [0.3, 0.4) is 0 Å². The molecule has 4 rings (SSSR count). The van der Waals surface area contributed by atoms with Gasteiger partial charge in [0, 0.05) is 22.2 Å². The Morgan fingerprint density at radius 2 is 1.91 bits per heavy atom. The number of fused-ring (bicyclic) bond motifs is 1. The summed E-state index contributed by atoms with van der Waals surface area (Å²) >= 11 is 1.41. The summed E-state index contributed by atoms with van der Waals surface area (Å²) in [6.45, 7) is 5.22. The Labute approximate surface area is 189 Å². The Balaban J connectivity index is 1.67. The average molecular weight is 446 g/mol. The van der Waals surface area contributed by atoms with Gasteiger partial charge in [0.2, 0.25) is 5.91 Å². The molecule has 0 aliphatic carbocycles. The van der Waals surface area contributed by atoms with Crippen LogP contribution in [0.25, 0.3) is 21.3 Å². The van der Waals surface area contributed by atoms with Crippen LogP contribution >= 0.6 is 11.3 Å². The van der Waals surface area contributed by atoms with Crippen molar-refractivity contribution in [2.45, 2.75) is 33.2 Å². The first-order valence-electron chi connectivity index (χ1n) is 10.4. The van der Waals surface area contributed by atoms with E-state index in [0.717, 1.165) is 17.5 Å². The summed E-state index contributed by atoms with van der Waals surface area (Å²) < 4.78 is 1.35. The van der Waals surface area contributed by atoms with E-state index in [-0.39, 0.29) is 17.2 Å². The van der Waals surface area contributed by atoms with Crippen molar-refractivity contribution in [1.29, 1.82) is 0 Å². The number of nitrogens with zero attached hydrogens (tertiary/aromatic N) is 2. The van der Waals surface area contributed by atoms with E-state index in [4.69, 9.17) is 0 Å². The molecule has 1 N–H and O–H groups in total. The van der Waals surface area contributed by atoms with E-state index in [0.29, 0.717) is 21.5 Å². The molecule has 0 saturated heterocycles. The molecule has 6 nitrogen and oxygen atoms in total. The molecular formula is C25H23N3O3S. The van der Waals surface area contributed by atoms with Gasteiger partial charge in [-0.15, -0.1) is 11.3 Å². The minimum absolute atomic E-state index is 0.0861. The van der Waals surface area contributed by atoms with Crippen LogP contribution in [0.15, 0.2) is 65.0 Å². The topological polar surface area (TPSA) is 81.1 Å². The number of ketones is 1. The molecule has 32 heavy (non-hydrogen) atoms. The second-order valence-electron chi connectivity index (χ2n) is 7.64. The Morgan fingerprint density at radius 1 is 1.16 bits per heavy atom. The first-order valence-corrected chi connectivity index (χ1v) is 11.3. The zero-order valence-electron chi connectivity index (χ0n) is 18.1. The van der Waals surface area contributed by atoms with Crippen molar-refractivity contribution in [1.82, 2.24) is 9.55 Å². The molecule has 162 valence electrons. The first-order chi connectivity index (χ1) is 15.4. The lowest BCUT2D eigenvalue weighted by molar-refractivity contribution is -0.118. The largest absolute Gasteiger partial charge is 0.324 e. The Bertz CT molecular complexity index is 1370. The number of aryl methyl sites for hydroxylation is 1. The molecule has 0 aliphatic heterocycles. The van der Waals surface area contributed by atoms with Gasteiger partial charge in [0.1, 0.15) is 10.9 Å². The number of carbonyl (C=O) groups excluding carboxylic acids is 2. The minimum Gasteiger partial charge on any atom is -0.324 e. The van der Waals surface area contributed by atoms with Crippen molar-refractivity contribution in [3.05, 3.63) is 81.7 Å². The predicted octanol–water partition coefficient (Wildman–Crippen LogP) is 5.09. The third kappa shape index (κ3) is 4.11. The number of amides is 1. The number of nitrogens with one attached hydrogen (secondary N) is 1. The number of rotatable bonds is 6. The van der Waals surface area contributed by atoms with Gasteiger partial charge in [-0.3, -0.25) is 19.0 Å². The molecule has 0 aliphatic rings. The maximum atomic E-state index is 13.4. The van der Waals surface area contributed by atoms with Crippen molar-refractivity contribution in [2.75, 3.05) is 5.32 Å². The van der Waals surface area contributed by atoms with Crippen LogP contribution in [0.1, 0.15) is 42.7 Å². The van der Waals surface area contributed by atoms with Gasteiger partial charge >= 0.3 is 0 Å². The van der Waals surface area contributed by atoms with Gasteiger partial charge in [-0.1, -0.05) is 43.3 Å². The molecule has 2 aromatic heterocycles. The maximum absolute atomic E-state index is 13.4. The lowest BCUT2D eigenvalue weighted by atomic mass is 10.0. The number of anilines is 1. The van der Waals surface area contributed by atoms with E-state index in [1.54, 1.807) is 31.2 Å². The molecule has 0 fully saturated rings. The second kappa shape index (κ2) is 8.88. The molecule has 2 aromatic carbocycles. The number of Topliss-reactive ketones (excluding diaryl/α,β-unsaturated/α-hetero) is 1. The van der Waals surface area contributed by atoms with Gasteiger partial charge in [-0.05, 0) is 43.5 Å². The quantitative estimate of drug-likeness (QED) is 0.419. The van der Waals surface area contributed by atoms with Crippen molar-refractivity contribution < 1.29 is 9.59 Å². The van der Waals surface area contributed by atoms with Crippen molar-refractivity contribution in [3.8, 4) is 11.1 Å². The molecule has 4 aromatic rings. The van der Waals surface area contributed by atoms with Crippen LogP contribution < -0.4 is 10.9 Å². The summed E-state index contributed by atoms with van der Waals surface area (Å²) in [5, 5.41) is 5.23. The van der Waals surface area contributed by atoms with Crippen LogP contribution in [-0.2, 0) is 11.2 Å². The highest BCUT2D eigenvalue weighted by atomic mass is 32.1. The van der Waals surface area contributed by atoms with Crippen LogP contribution in [0.2, 0.25) is 0 Å². The number of carbonyl (C=O) groups is 2. The normalized spacial score (nSPS) is 12.0. The van der Waals surface area contributed by atoms with Gasteiger partial charge in [0.25, 0.3) is 5.56 Å². The van der Waals surface area contributed by atoms with Crippen LogP contribution in [0.4, 0.5) is 5.69 Å². The third-order valence-corrected chi connectivity index (χ3v) is 6.41. The fourth-order valence-electron chi connectivity index (χ4n) is 3.54. The zero-order chi connectivity index (χ0) is 22.8. The number of hydrogen-bond donors (Lipinski definition) is 1. The lowest BCUT2D eigenvalue weighted by Crippen LogP contribution is -2.31. The smallest absolute Gasteiger partial charge is 0.263 e. The number of hydrogen-bond acceptors (Lipinski definition) is 5. The van der Waals surface area contributed by atoms with Gasteiger partial charge < -0.3 is 5.32 Å². The Morgan fingerprint density at radius 3 is 2.59 bits per heavy atom. The highest BCUT2D eigenvalue weighted by Gasteiger charge is 2.20. The lowest BCUT2D eigenvalue weighted by Gasteiger charge is -2.15. The molecule has 1 unspecified atom stereocenters. The average Bonchev–Trinajstić information content (AvgIpc) is 3.24. The maximum Gasteiger partial charge on any atom is 0.263 e. The standard InChI is InChI=1S/C25H23N3O3S/c1-4-17-8-10-18(11-9-17)21-13-32-24-22(21)25(31)28(14-26-24)15(2)23(30)27-20-7-5-6-19(12-20)16(3)29/h5-15H,4H2,1-3H3,(H,27,30). The van der Waals surface area contributed by atoms with E-state index in [1.807, 2.05) is 17.5 Å². The van der Waals surface area contributed by atoms with Crippen molar-refractivity contribution >= 4 is 38.9 Å². The number of thiophene rings is 1. The molecule has 1 amide bonds. The van der Waals surface area contributed by atoms with E-state index in [2.05, 4.69) is 29.4 Å². The Hall–Kier alpha value is -3.58. The monoisotopic (exact) mass is 445 g/mol. The van der Waals surface area contributed by atoms with Gasteiger partial charge in [0.15, 0.2) is 5.78 Å². The van der Waals surface area contributed by atoms with E-state index >= 15 is 0 Å². The first kappa shape index (κ1) is 21.6. The van der Waals surface area contributed by atoms with E-state index in [9.17, 15) is 14.4 Å². The summed E-state index contributed by atoms with van der Waals surface area (Å²) in [7, 11) is 0. The highest BCUT2D eigenvalue weighted by Crippen LogP contribution is 2.31. The molecule has 0 radical (unpaired) electrons. The van der Waals surface area contributed by atoms with Crippen LogP contribution in [-0.4, -0.2) is 21.2 Å². The van der Waals surface area contributed by atoms with Gasteiger partial charge in [-0.2, -0.15) is 0 Å². The second-order valence-corrected chi connectivity index (χ2v) is 8.50. The van der Waals surface area contributed by atoms with Gasteiger partial charge in [-0.25, -0.2) is 4.98 Å². The van der Waals surface area contributed by atoms with E-state index < -0.39 is 6.04 Å². The van der Waals surface area contributed by atoms with Crippen molar-refractivity contribution in [2.24, 2.45) is 0 Å². The molecule has 7 heteroatoms. The molecule has 0 bridgehead atoms. The summed E-state index contributed by atoms with van der Waals surface area (Å²) in [6, 6.07) is 14.1.